The van der Waals surface area contributed by atoms with Crippen LogP contribution in [0.25, 0.3) is 0 Å². The summed E-state index contributed by atoms with van der Waals surface area (Å²) in [6.07, 6.45) is 6.07. The molecule has 1 aliphatic rings. The van der Waals surface area contributed by atoms with Crippen LogP contribution in [0, 0.1) is 0 Å². The molecule has 1 heterocycles. The van der Waals surface area contributed by atoms with Crippen LogP contribution in [0.1, 0.15) is 40.9 Å². The average molecular weight is 414 g/mol. The Morgan fingerprint density at radius 3 is 2.72 bits per heavy atom. The number of rotatable bonds is 7. The van der Waals surface area contributed by atoms with E-state index in [2.05, 4.69) is 31.0 Å². The molecular weight excluding hydrogens is 386 g/mol. The van der Waals surface area contributed by atoms with E-state index in [1.54, 1.807) is 0 Å². The van der Waals surface area contributed by atoms with Crippen molar-refractivity contribution in [3.63, 3.8) is 0 Å². The summed E-state index contributed by atoms with van der Waals surface area (Å²) in [4.78, 5) is 27.2. The molecule has 0 saturated heterocycles. The third-order valence-electron chi connectivity index (χ3n) is 4.56. The van der Waals surface area contributed by atoms with Crippen molar-refractivity contribution in [1.29, 1.82) is 0 Å². The van der Waals surface area contributed by atoms with Crippen molar-refractivity contribution in [2.75, 3.05) is 33.7 Å². The van der Waals surface area contributed by atoms with Crippen LogP contribution in [0.3, 0.4) is 0 Å². The highest BCUT2D eigenvalue weighted by Crippen LogP contribution is 2.28. The zero-order valence-corrected chi connectivity index (χ0v) is 16.6. The molecule has 0 radical (unpaired) electrons. The lowest BCUT2D eigenvalue weighted by Gasteiger charge is -2.28. The minimum atomic E-state index is -0.506. The Balaban J connectivity index is 0.00000312. The predicted octanol–water partition coefficient (Wildman–Crippen LogP) is -1.65. The van der Waals surface area contributed by atoms with Gasteiger partial charge in [-0.3, -0.25) is 9.59 Å². The molecule has 0 bridgehead atoms. The van der Waals surface area contributed by atoms with Gasteiger partial charge in [-0.05, 0) is 31.8 Å². The summed E-state index contributed by atoms with van der Waals surface area (Å²) in [6, 6.07) is 0. The molecule has 0 unspecified atom stereocenters. The number of aryl methyl sites for hydroxylation is 1. The number of carbonyl (C=O) groups is 1. The number of likely N-dealkylation sites (N-methyl/N-ethyl adjacent to an activating group) is 1. The van der Waals surface area contributed by atoms with Crippen molar-refractivity contribution in [3.8, 4) is 5.75 Å². The highest BCUT2D eigenvalue weighted by atomic mass is 79.9. The molecule has 0 atom stereocenters. The van der Waals surface area contributed by atoms with Crippen LogP contribution in [0.2, 0.25) is 0 Å². The highest BCUT2D eigenvalue weighted by Gasteiger charge is 2.23. The molecule has 2 rings (SSSR count). The van der Waals surface area contributed by atoms with E-state index in [4.69, 9.17) is 0 Å². The van der Waals surface area contributed by atoms with E-state index < -0.39 is 11.5 Å². The molecular formula is C18H28BrN3O3. The van der Waals surface area contributed by atoms with E-state index >= 15 is 0 Å². The SMILES string of the molecule is C=CC[N+](C)(C)CCCNC(=O)c1c(O)c2c([nH]c1=O)CCCC2.[Br-]. The van der Waals surface area contributed by atoms with E-state index in [0.717, 1.165) is 54.5 Å². The summed E-state index contributed by atoms with van der Waals surface area (Å²) in [6.45, 7) is 5.96. The monoisotopic (exact) mass is 413 g/mol. The molecule has 7 heteroatoms. The molecule has 1 amide bonds. The molecule has 0 aliphatic heterocycles. The molecule has 0 saturated carbocycles. The lowest BCUT2D eigenvalue weighted by atomic mass is 9.93. The van der Waals surface area contributed by atoms with Gasteiger partial charge in [0.1, 0.15) is 11.3 Å². The first-order valence-corrected chi connectivity index (χ1v) is 8.54. The molecule has 25 heavy (non-hydrogen) atoms. The number of nitrogens with zero attached hydrogens (tertiary/aromatic N) is 1. The zero-order chi connectivity index (χ0) is 17.7. The van der Waals surface area contributed by atoms with Gasteiger partial charge in [0.15, 0.2) is 0 Å². The summed E-state index contributed by atoms with van der Waals surface area (Å²) in [5.41, 5.74) is 0.822. The van der Waals surface area contributed by atoms with Crippen LogP contribution in [0.15, 0.2) is 17.4 Å². The Morgan fingerprint density at radius 2 is 2.04 bits per heavy atom. The van der Waals surface area contributed by atoms with Gasteiger partial charge in [0.2, 0.25) is 0 Å². The van der Waals surface area contributed by atoms with Crippen molar-refractivity contribution in [3.05, 3.63) is 39.8 Å². The summed E-state index contributed by atoms with van der Waals surface area (Å²) in [7, 11) is 4.20. The van der Waals surface area contributed by atoms with E-state index in [1.165, 1.54) is 0 Å². The fourth-order valence-electron chi connectivity index (χ4n) is 3.21. The number of aromatic hydroxyl groups is 1. The maximum absolute atomic E-state index is 12.3. The van der Waals surface area contributed by atoms with E-state index in [1.807, 2.05) is 6.08 Å². The summed E-state index contributed by atoms with van der Waals surface area (Å²) >= 11 is 0. The average Bonchev–Trinajstić information content (AvgIpc) is 2.51. The Labute approximate surface area is 159 Å². The molecule has 0 spiro atoms. The van der Waals surface area contributed by atoms with E-state index in [9.17, 15) is 14.7 Å². The normalized spacial score (nSPS) is 13.5. The zero-order valence-electron chi connectivity index (χ0n) is 15.0. The van der Waals surface area contributed by atoms with Crippen molar-refractivity contribution in [2.45, 2.75) is 32.1 Å². The van der Waals surface area contributed by atoms with Gasteiger partial charge >= 0.3 is 0 Å². The smallest absolute Gasteiger partial charge is 0.264 e. The number of hydrogen-bond acceptors (Lipinski definition) is 3. The second-order valence-electron chi connectivity index (χ2n) is 7.08. The number of amides is 1. The number of fused-ring (bicyclic) bond motifs is 1. The number of nitrogens with one attached hydrogen (secondary N) is 2. The van der Waals surface area contributed by atoms with Gasteiger partial charge in [-0.1, -0.05) is 6.58 Å². The largest absolute Gasteiger partial charge is 1.00 e. The molecule has 1 aliphatic carbocycles. The first-order valence-electron chi connectivity index (χ1n) is 8.54. The quantitative estimate of drug-likeness (QED) is 0.284. The van der Waals surface area contributed by atoms with Crippen LogP contribution >= 0.6 is 0 Å². The van der Waals surface area contributed by atoms with Crippen molar-refractivity contribution >= 4 is 5.91 Å². The van der Waals surface area contributed by atoms with E-state index in [0.29, 0.717) is 13.0 Å². The number of H-pyrrole nitrogens is 1. The fraction of sp³-hybridized carbons (Fsp3) is 0.556. The van der Waals surface area contributed by atoms with Gasteiger partial charge in [0, 0.05) is 24.2 Å². The number of carbonyl (C=O) groups excluding carboxylic acids is 1. The molecule has 0 aromatic carbocycles. The minimum absolute atomic E-state index is 0. The third-order valence-corrected chi connectivity index (χ3v) is 4.56. The first-order chi connectivity index (χ1) is 11.4. The van der Waals surface area contributed by atoms with Crippen molar-refractivity contribution in [2.24, 2.45) is 0 Å². The lowest BCUT2D eigenvalue weighted by molar-refractivity contribution is -0.884. The van der Waals surface area contributed by atoms with Crippen LogP contribution in [-0.4, -0.2) is 54.2 Å². The Bertz CT molecular complexity index is 683. The maximum Gasteiger partial charge on any atom is 0.264 e. The summed E-state index contributed by atoms with van der Waals surface area (Å²) < 4.78 is 0.796. The standard InChI is InChI=1S/C18H27N3O3.BrH/c1-4-11-21(2,3)12-7-10-19-17(23)15-16(22)13-8-5-6-9-14(13)20-18(15)24;/h4H,1,5-12H2,2-3H3,(H2-,19,20,22,23,24);1H. The second kappa shape index (κ2) is 9.20. The number of halogens is 1. The topological polar surface area (TPSA) is 82.2 Å². The number of aromatic amines is 1. The molecule has 0 fully saturated rings. The van der Waals surface area contributed by atoms with Crippen molar-refractivity contribution in [1.82, 2.24) is 10.3 Å². The van der Waals surface area contributed by atoms with Crippen molar-refractivity contribution < 1.29 is 31.4 Å². The Hall–Kier alpha value is -1.60. The summed E-state index contributed by atoms with van der Waals surface area (Å²) in [5.74, 6) is -0.648. The van der Waals surface area contributed by atoms with Crippen LogP contribution in [0.4, 0.5) is 0 Å². The molecule has 6 nitrogen and oxygen atoms in total. The Morgan fingerprint density at radius 1 is 1.36 bits per heavy atom. The first kappa shape index (κ1) is 21.4. The third kappa shape index (κ3) is 5.44. The van der Waals surface area contributed by atoms with Gasteiger partial charge in [-0.25, -0.2) is 0 Å². The minimum Gasteiger partial charge on any atom is -1.00 e. The fourth-order valence-corrected chi connectivity index (χ4v) is 3.21. The number of quaternary nitrogens is 1. The molecule has 1 aromatic heterocycles. The molecule has 3 N–H and O–H groups in total. The summed E-state index contributed by atoms with van der Waals surface area (Å²) in [5, 5.41) is 13.1. The number of pyridine rings is 1. The maximum atomic E-state index is 12.3. The highest BCUT2D eigenvalue weighted by molar-refractivity contribution is 5.96. The molecule has 1 aromatic rings. The van der Waals surface area contributed by atoms with Crippen LogP contribution in [-0.2, 0) is 12.8 Å². The van der Waals surface area contributed by atoms with Gasteiger partial charge in [0.25, 0.3) is 11.5 Å². The van der Waals surface area contributed by atoms with Crippen LogP contribution < -0.4 is 27.9 Å². The second-order valence-corrected chi connectivity index (χ2v) is 7.08. The van der Waals surface area contributed by atoms with Crippen LogP contribution in [0.5, 0.6) is 5.75 Å². The van der Waals surface area contributed by atoms with Gasteiger partial charge < -0.3 is 36.9 Å². The van der Waals surface area contributed by atoms with Gasteiger partial charge in [-0.15, -0.1) is 0 Å². The number of hydrogen-bond donors (Lipinski definition) is 3. The molecule has 140 valence electrons. The van der Waals surface area contributed by atoms with Gasteiger partial charge in [-0.2, -0.15) is 0 Å². The van der Waals surface area contributed by atoms with Gasteiger partial charge in [0.05, 0.1) is 27.2 Å². The Kier molecular flexibility index (Phi) is 7.89. The lowest BCUT2D eigenvalue weighted by Crippen LogP contribution is -3.00. The van der Waals surface area contributed by atoms with E-state index in [-0.39, 0.29) is 28.3 Å². The number of aromatic nitrogens is 1. The predicted molar refractivity (Wildman–Crippen MR) is 94.4 cm³/mol.